The van der Waals surface area contributed by atoms with Gasteiger partial charge in [-0.05, 0) is 55.3 Å². The van der Waals surface area contributed by atoms with Gasteiger partial charge < -0.3 is 4.74 Å². The Morgan fingerprint density at radius 2 is 1.90 bits per heavy atom. The van der Waals surface area contributed by atoms with E-state index in [1.54, 1.807) is 32.1 Å². The van der Waals surface area contributed by atoms with Gasteiger partial charge in [0.2, 0.25) is 0 Å². The Kier molecular flexibility index (Phi) is 6.02. The second-order valence-electron chi connectivity index (χ2n) is 6.91. The van der Waals surface area contributed by atoms with E-state index >= 15 is 0 Å². The van der Waals surface area contributed by atoms with Gasteiger partial charge in [0.15, 0.2) is 4.80 Å². The highest BCUT2D eigenvalue weighted by Gasteiger charge is 2.33. The summed E-state index contributed by atoms with van der Waals surface area (Å²) >= 11 is 4.65. The van der Waals surface area contributed by atoms with E-state index in [9.17, 15) is 14.0 Å². The molecule has 31 heavy (non-hydrogen) atoms. The molecule has 0 N–H and O–H groups in total. The highest BCUT2D eigenvalue weighted by atomic mass is 79.9. The minimum Gasteiger partial charge on any atom is -0.463 e. The van der Waals surface area contributed by atoms with Crippen molar-refractivity contribution >= 4 is 39.3 Å². The van der Waals surface area contributed by atoms with Crippen LogP contribution in [-0.4, -0.2) is 17.1 Å². The first-order valence-electron chi connectivity index (χ1n) is 9.59. The quantitative estimate of drug-likeness (QED) is 0.513. The third-order valence-corrected chi connectivity index (χ3v) is 6.38. The van der Waals surface area contributed by atoms with Gasteiger partial charge in [-0.25, -0.2) is 14.2 Å². The molecule has 0 fully saturated rings. The molecule has 2 aromatic carbocycles. The molecule has 158 valence electrons. The number of halogens is 2. The van der Waals surface area contributed by atoms with E-state index in [0.29, 0.717) is 20.6 Å². The number of carbonyl (C=O) groups excluding carboxylic acids is 1. The van der Waals surface area contributed by atoms with Crippen LogP contribution < -0.4 is 14.9 Å². The predicted molar refractivity (Wildman–Crippen MR) is 121 cm³/mol. The smallest absolute Gasteiger partial charge is 0.338 e. The highest BCUT2D eigenvalue weighted by molar-refractivity contribution is 9.10. The molecule has 1 aliphatic heterocycles. The van der Waals surface area contributed by atoms with Gasteiger partial charge in [0.05, 0.1) is 28.5 Å². The van der Waals surface area contributed by atoms with Gasteiger partial charge in [-0.2, -0.15) is 0 Å². The summed E-state index contributed by atoms with van der Waals surface area (Å²) in [6.07, 6.45) is 1.79. The van der Waals surface area contributed by atoms with Gasteiger partial charge in [0, 0.05) is 4.47 Å². The Bertz CT molecular complexity index is 1360. The summed E-state index contributed by atoms with van der Waals surface area (Å²) in [5.74, 6) is -0.940. The molecule has 1 aromatic heterocycles. The van der Waals surface area contributed by atoms with E-state index in [0.717, 1.165) is 10.0 Å². The van der Waals surface area contributed by atoms with Crippen molar-refractivity contribution in [2.24, 2.45) is 4.99 Å². The van der Waals surface area contributed by atoms with Crippen molar-refractivity contribution in [3.05, 3.63) is 101 Å². The number of ether oxygens (including phenoxy) is 1. The SMILES string of the molecule is CCOC(=O)C1=C(C)N=c2sc(=Cc3ccc(Br)cc3)c(=O)n2C1c1ccc(F)cc1. The molecule has 0 amide bonds. The highest BCUT2D eigenvalue weighted by Crippen LogP contribution is 2.30. The lowest BCUT2D eigenvalue weighted by Gasteiger charge is -2.24. The maximum Gasteiger partial charge on any atom is 0.338 e. The maximum atomic E-state index is 13.6. The molecule has 4 rings (SSSR count). The lowest BCUT2D eigenvalue weighted by molar-refractivity contribution is -0.139. The molecule has 0 bridgehead atoms. The molecule has 0 radical (unpaired) electrons. The van der Waals surface area contributed by atoms with Crippen LogP contribution in [0.3, 0.4) is 0 Å². The Morgan fingerprint density at radius 3 is 2.55 bits per heavy atom. The molecule has 0 aliphatic carbocycles. The van der Waals surface area contributed by atoms with Gasteiger partial charge in [-0.15, -0.1) is 0 Å². The number of benzene rings is 2. The van der Waals surface area contributed by atoms with Crippen LogP contribution in [0.1, 0.15) is 31.0 Å². The molecule has 5 nitrogen and oxygen atoms in total. The van der Waals surface area contributed by atoms with Crippen molar-refractivity contribution in [2.45, 2.75) is 19.9 Å². The average molecular weight is 501 g/mol. The van der Waals surface area contributed by atoms with Crippen molar-refractivity contribution < 1.29 is 13.9 Å². The van der Waals surface area contributed by atoms with Crippen molar-refractivity contribution in [2.75, 3.05) is 6.61 Å². The van der Waals surface area contributed by atoms with Crippen molar-refractivity contribution in [3.63, 3.8) is 0 Å². The van der Waals surface area contributed by atoms with Crippen molar-refractivity contribution in [1.29, 1.82) is 0 Å². The predicted octanol–water partition coefficient (Wildman–Crippen LogP) is 3.70. The van der Waals surface area contributed by atoms with E-state index in [2.05, 4.69) is 20.9 Å². The summed E-state index contributed by atoms with van der Waals surface area (Å²) in [5.41, 5.74) is 1.96. The normalized spacial score (nSPS) is 16.1. The zero-order valence-corrected chi connectivity index (χ0v) is 19.2. The molecule has 3 aromatic rings. The largest absolute Gasteiger partial charge is 0.463 e. The van der Waals surface area contributed by atoms with Gasteiger partial charge >= 0.3 is 5.97 Å². The zero-order chi connectivity index (χ0) is 22.1. The number of carbonyl (C=O) groups is 1. The van der Waals surface area contributed by atoms with E-state index in [1.165, 1.54) is 28.0 Å². The van der Waals surface area contributed by atoms with Gasteiger partial charge in [-0.3, -0.25) is 9.36 Å². The number of thiazole rings is 1. The molecule has 1 unspecified atom stereocenters. The van der Waals surface area contributed by atoms with Crippen LogP contribution in [0.2, 0.25) is 0 Å². The van der Waals surface area contributed by atoms with Crippen molar-refractivity contribution in [3.8, 4) is 0 Å². The van der Waals surface area contributed by atoms with Crippen LogP contribution in [0.5, 0.6) is 0 Å². The molecular weight excluding hydrogens is 483 g/mol. The van der Waals surface area contributed by atoms with E-state index in [-0.39, 0.29) is 17.7 Å². The number of nitrogens with zero attached hydrogens (tertiary/aromatic N) is 2. The monoisotopic (exact) mass is 500 g/mol. The lowest BCUT2D eigenvalue weighted by atomic mass is 9.96. The molecule has 1 atom stereocenters. The van der Waals surface area contributed by atoms with Crippen LogP contribution in [0, 0.1) is 5.82 Å². The molecule has 1 aliphatic rings. The zero-order valence-electron chi connectivity index (χ0n) is 16.8. The summed E-state index contributed by atoms with van der Waals surface area (Å²) in [4.78, 5) is 31.2. The number of hydrogen-bond donors (Lipinski definition) is 0. The fourth-order valence-corrected chi connectivity index (χ4v) is 4.77. The first-order chi connectivity index (χ1) is 14.9. The maximum absolute atomic E-state index is 13.6. The summed E-state index contributed by atoms with van der Waals surface area (Å²) < 4.78 is 21.7. The summed E-state index contributed by atoms with van der Waals surface area (Å²) in [6, 6.07) is 12.6. The summed E-state index contributed by atoms with van der Waals surface area (Å²) in [6.45, 7) is 3.63. The molecule has 8 heteroatoms. The first kappa shape index (κ1) is 21.4. The summed E-state index contributed by atoms with van der Waals surface area (Å²) in [5, 5.41) is 0. The fourth-order valence-electron chi connectivity index (χ4n) is 3.46. The molecule has 0 saturated heterocycles. The molecule has 0 saturated carbocycles. The molecule has 2 heterocycles. The number of hydrogen-bond acceptors (Lipinski definition) is 5. The Labute approximate surface area is 190 Å². The average Bonchev–Trinajstić information content (AvgIpc) is 3.04. The Hall–Kier alpha value is -2.84. The minimum absolute atomic E-state index is 0.194. The Balaban J connectivity index is 1.94. The van der Waals surface area contributed by atoms with E-state index in [4.69, 9.17) is 4.74 Å². The molecular formula is C23H18BrFN2O3S. The van der Waals surface area contributed by atoms with Gasteiger partial charge in [0.25, 0.3) is 5.56 Å². The van der Waals surface area contributed by atoms with Crippen molar-refractivity contribution in [1.82, 2.24) is 4.57 Å². The number of allylic oxidation sites excluding steroid dienone is 1. The van der Waals surface area contributed by atoms with Gasteiger partial charge in [0.1, 0.15) is 5.82 Å². The number of fused-ring (bicyclic) bond motifs is 1. The van der Waals surface area contributed by atoms with Crippen LogP contribution in [0.4, 0.5) is 4.39 Å². The Morgan fingerprint density at radius 1 is 1.23 bits per heavy atom. The standard InChI is InChI=1S/C23H18BrFN2O3S/c1-3-30-22(29)19-13(2)26-23-27(20(19)15-6-10-17(25)11-7-15)21(28)18(31-23)12-14-4-8-16(24)9-5-14/h4-12,20H,3H2,1-2H3. The van der Waals surface area contributed by atoms with Crippen LogP contribution in [-0.2, 0) is 9.53 Å². The van der Waals surface area contributed by atoms with Crippen LogP contribution in [0.25, 0.3) is 6.08 Å². The number of esters is 1. The third kappa shape index (κ3) is 4.18. The van der Waals surface area contributed by atoms with E-state index < -0.39 is 17.8 Å². The van der Waals surface area contributed by atoms with Crippen LogP contribution in [0.15, 0.2) is 74.1 Å². The second kappa shape index (κ2) is 8.72. The minimum atomic E-state index is -0.747. The topological polar surface area (TPSA) is 60.7 Å². The van der Waals surface area contributed by atoms with E-state index in [1.807, 2.05) is 24.3 Å². The second-order valence-corrected chi connectivity index (χ2v) is 8.83. The third-order valence-electron chi connectivity index (χ3n) is 4.87. The van der Waals surface area contributed by atoms with Gasteiger partial charge in [-0.1, -0.05) is 51.5 Å². The number of rotatable bonds is 4. The molecule has 0 spiro atoms. The van der Waals surface area contributed by atoms with Crippen LogP contribution >= 0.6 is 27.3 Å². The fraction of sp³-hybridized carbons (Fsp3) is 0.174. The lowest BCUT2D eigenvalue weighted by Crippen LogP contribution is -2.39. The summed E-state index contributed by atoms with van der Waals surface area (Å²) in [7, 11) is 0. The number of aromatic nitrogens is 1. The first-order valence-corrected chi connectivity index (χ1v) is 11.2.